The van der Waals surface area contributed by atoms with Crippen LogP contribution in [0.4, 0.5) is 5.69 Å². The minimum Gasteiger partial charge on any atom is -0.324 e. The Bertz CT molecular complexity index is 596. The molecule has 1 unspecified atom stereocenters. The SMILES string of the molecule is O=C1CS(=O)c2cc(S(=O)(=O)Cl)ccc2N1. The van der Waals surface area contributed by atoms with Gasteiger partial charge in [0.2, 0.25) is 5.91 Å². The van der Waals surface area contributed by atoms with Gasteiger partial charge in [0.15, 0.2) is 0 Å². The average molecular weight is 280 g/mol. The van der Waals surface area contributed by atoms with Gasteiger partial charge in [0.25, 0.3) is 9.05 Å². The van der Waals surface area contributed by atoms with E-state index in [0.29, 0.717) is 5.69 Å². The van der Waals surface area contributed by atoms with Crippen molar-refractivity contribution in [3.05, 3.63) is 18.2 Å². The van der Waals surface area contributed by atoms with Crippen molar-refractivity contribution in [2.45, 2.75) is 9.79 Å². The van der Waals surface area contributed by atoms with Gasteiger partial charge < -0.3 is 5.32 Å². The first kappa shape index (κ1) is 11.6. The molecule has 1 aromatic carbocycles. The Morgan fingerprint density at radius 2 is 2.06 bits per heavy atom. The van der Waals surface area contributed by atoms with Crippen LogP contribution in [-0.4, -0.2) is 24.3 Å². The maximum atomic E-state index is 11.6. The van der Waals surface area contributed by atoms with E-state index in [9.17, 15) is 17.4 Å². The van der Waals surface area contributed by atoms with E-state index < -0.39 is 19.9 Å². The largest absolute Gasteiger partial charge is 0.324 e. The number of halogens is 1. The number of rotatable bonds is 1. The molecule has 0 bridgehead atoms. The van der Waals surface area contributed by atoms with Gasteiger partial charge in [-0.05, 0) is 18.2 Å². The molecule has 1 heterocycles. The number of carbonyl (C=O) groups is 1. The topological polar surface area (TPSA) is 80.3 Å². The van der Waals surface area contributed by atoms with Crippen molar-refractivity contribution < 1.29 is 17.4 Å². The third-order valence-electron chi connectivity index (χ3n) is 2.02. The van der Waals surface area contributed by atoms with Crippen molar-refractivity contribution in [2.24, 2.45) is 0 Å². The summed E-state index contributed by atoms with van der Waals surface area (Å²) in [5.41, 5.74) is 0.360. The number of hydrogen-bond acceptors (Lipinski definition) is 4. The fourth-order valence-corrected chi connectivity index (χ4v) is 3.27. The molecule has 0 saturated heterocycles. The smallest absolute Gasteiger partial charge is 0.261 e. The summed E-state index contributed by atoms with van der Waals surface area (Å²) >= 11 is 0. The second-order valence-electron chi connectivity index (χ2n) is 3.13. The Kier molecular flexibility index (Phi) is 2.77. The van der Waals surface area contributed by atoms with Crippen LogP contribution in [0.5, 0.6) is 0 Å². The first-order valence-corrected chi connectivity index (χ1v) is 7.78. The van der Waals surface area contributed by atoms with Gasteiger partial charge in [0.1, 0.15) is 5.75 Å². The van der Waals surface area contributed by atoms with E-state index in [1.807, 2.05) is 0 Å². The molecule has 0 radical (unpaired) electrons. The minimum absolute atomic E-state index is 0.127. The molecule has 16 heavy (non-hydrogen) atoms. The van der Waals surface area contributed by atoms with Crippen LogP contribution in [0.1, 0.15) is 0 Å². The van der Waals surface area contributed by atoms with Gasteiger partial charge in [-0.15, -0.1) is 0 Å². The lowest BCUT2D eigenvalue weighted by atomic mass is 10.3. The van der Waals surface area contributed by atoms with E-state index >= 15 is 0 Å². The van der Waals surface area contributed by atoms with Gasteiger partial charge in [0, 0.05) is 10.7 Å². The molecule has 8 heteroatoms. The average Bonchev–Trinajstić information content (AvgIpc) is 2.15. The van der Waals surface area contributed by atoms with E-state index in [2.05, 4.69) is 5.32 Å². The summed E-state index contributed by atoms with van der Waals surface area (Å²) in [7, 11) is -0.210. The Morgan fingerprint density at radius 3 is 2.69 bits per heavy atom. The van der Waals surface area contributed by atoms with Crippen LogP contribution in [0, 0.1) is 0 Å². The van der Waals surface area contributed by atoms with Gasteiger partial charge >= 0.3 is 0 Å². The summed E-state index contributed by atoms with van der Waals surface area (Å²) in [5, 5.41) is 2.50. The van der Waals surface area contributed by atoms with Gasteiger partial charge in [-0.25, -0.2) is 8.42 Å². The number of fused-ring (bicyclic) bond motifs is 1. The molecule has 0 saturated carbocycles. The van der Waals surface area contributed by atoms with Crippen LogP contribution < -0.4 is 5.32 Å². The highest BCUT2D eigenvalue weighted by Crippen LogP contribution is 2.28. The molecule has 0 aliphatic carbocycles. The van der Waals surface area contributed by atoms with Crippen molar-refractivity contribution in [3.63, 3.8) is 0 Å². The van der Waals surface area contributed by atoms with Crippen LogP contribution in [0.25, 0.3) is 0 Å². The fraction of sp³-hybridized carbons (Fsp3) is 0.125. The van der Waals surface area contributed by atoms with Gasteiger partial charge in [-0.1, -0.05) is 0 Å². The van der Waals surface area contributed by atoms with E-state index in [-0.39, 0.29) is 21.5 Å². The van der Waals surface area contributed by atoms with Crippen molar-refractivity contribution in [1.29, 1.82) is 0 Å². The zero-order valence-electron chi connectivity index (χ0n) is 7.77. The summed E-state index contributed by atoms with van der Waals surface area (Å²) in [6.07, 6.45) is 0. The Hall–Kier alpha value is -0.920. The molecule has 0 fully saturated rings. The monoisotopic (exact) mass is 279 g/mol. The van der Waals surface area contributed by atoms with Crippen LogP contribution >= 0.6 is 10.7 Å². The first-order chi connectivity index (χ1) is 7.38. The van der Waals surface area contributed by atoms with Crippen LogP contribution in [-0.2, 0) is 24.6 Å². The molecule has 2 rings (SSSR count). The summed E-state index contributed by atoms with van der Waals surface area (Å²) in [6, 6.07) is 3.84. The Labute approximate surface area is 98.7 Å². The highest BCUT2D eigenvalue weighted by molar-refractivity contribution is 8.13. The van der Waals surface area contributed by atoms with Gasteiger partial charge in [-0.3, -0.25) is 9.00 Å². The lowest BCUT2D eigenvalue weighted by molar-refractivity contribution is -0.113. The van der Waals surface area contributed by atoms with Gasteiger partial charge in [-0.2, -0.15) is 0 Å². The zero-order chi connectivity index (χ0) is 11.9. The maximum Gasteiger partial charge on any atom is 0.261 e. The molecule has 1 atom stereocenters. The Balaban J connectivity index is 2.59. The standard InChI is InChI=1S/C8H6ClNO4S2/c9-16(13,14)5-1-2-6-7(3-5)15(12)4-8(11)10-6/h1-3H,4H2,(H,10,11). The lowest BCUT2D eigenvalue weighted by Gasteiger charge is -2.16. The number of anilines is 1. The second-order valence-corrected chi connectivity index (χ2v) is 7.12. The lowest BCUT2D eigenvalue weighted by Crippen LogP contribution is -2.25. The second kappa shape index (κ2) is 3.83. The molecule has 86 valence electrons. The third-order valence-corrected chi connectivity index (χ3v) is 4.72. The summed E-state index contributed by atoms with van der Waals surface area (Å²) in [4.78, 5) is 11.2. The highest BCUT2D eigenvalue weighted by Gasteiger charge is 2.23. The van der Waals surface area contributed by atoms with E-state index in [0.717, 1.165) is 0 Å². The number of nitrogens with one attached hydrogen (secondary N) is 1. The quantitative estimate of drug-likeness (QED) is 0.767. The molecule has 0 spiro atoms. The molecule has 1 amide bonds. The van der Waals surface area contributed by atoms with E-state index in [1.54, 1.807) is 0 Å². The van der Waals surface area contributed by atoms with Gasteiger partial charge in [0.05, 0.1) is 26.3 Å². The molecule has 1 aliphatic heterocycles. The molecule has 1 aliphatic rings. The molecule has 0 aromatic heterocycles. The van der Waals surface area contributed by atoms with Crippen LogP contribution in [0.3, 0.4) is 0 Å². The van der Waals surface area contributed by atoms with Crippen molar-refractivity contribution in [2.75, 3.05) is 11.1 Å². The Morgan fingerprint density at radius 1 is 1.38 bits per heavy atom. The normalized spacial score (nSPS) is 20.1. The predicted octanol–water partition coefficient (Wildman–Crippen LogP) is 0.674. The first-order valence-electron chi connectivity index (χ1n) is 4.15. The molecular weight excluding hydrogens is 274 g/mol. The van der Waals surface area contributed by atoms with Crippen molar-refractivity contribution >= 4 is 42.1 Å². The number of carbonyl (C=O) groups excluding carboxylic acids is 1. The minimum atomic E-state index is -3.85. The van der Waals surface area contributed by atoms with Crippen molar-refractivity contribution in [3.8, 4) is 0 Å². The van der Waals surface area contributed by atoms with Crippen molar-refractivity contribution in [1.82, 2.24) is 0 Å². The van der Waals surface area contributed by atoms with Crippen LogP contribution in [0.2, 0.25) is 0 Å². The fourth-order valence-electron chi connectivity index (χ4n) is 1.33. The third kappa shape index (κ3) is 2.11. The zero-order valence-corrected chi connectivity index (χ0v) is 10.2. The predicted molar refractivity (Wildman–Crippen MR) is 59.4 cm³/mol. The highest BCUT2D eigenvalue weighted by atomic mass is 35.7. The number of hydrogen-bond donors (Lipinski definition) is 1. The van der Waals surface area contributed by atoms with E-state index in [1.165, 1.54) is 18.2 Å². The molecular formula is C8H6ClNO4S2. The molecule has 1 aromatic rings. The van der Waals surface area contributed by atoms with Crippen LogP contribution in [0.15, 0.2) is 28.0 Å². The number of benzene rings is 1. The summed E-state index contributed by atoms with van der Waals surface area (Å²) < 4.78 is 33.7. The number of amides is 1. The summed E-state index contributed by atoms with van der Waals surface area (Å²) in [5.74, 6) is -0.522. The maximum absolute atomic E-state index is 11.6. The van der Waals surface area contributed by atoms with E-state index in [4.69, 9.17) is 10.7 Å². The molecule has 1 N–H and O–H groups in total. The summed E-state index contributed by atoms with van der Waals surface area (Å²) in [6.45, 7) is 0. The molecule has 5 nitrogen and oxygen atoms in total.